The molecule has 1 aromatic heterocycles. The Kier molecular flexibility index (Phi) is 6.58. The van der Waals surface area contributed by atoms with Crippen LogP contribution in [0.2, 0.25) is 0 Å². The zero-order valence-corrected chi connectivity index (χ0v) is 14.7. The number of benzene rings is 1. The molecule has 0 bridgehead atoms. The van der Waals surface area contributed by atoms with Gasteiger partial charge in [0.05, 0.1) is 5.92 Å². The number of hydrogen-bond acceptors (Lipinski definition) is 4. The summed E-state index contributed by atoms with van der Waals surface area (Å²) in [5.41, 5.74) is 6.02. The second-order valence-corrected chi connectivity index (χ2v) is 6.26. The molecule has 0 spiro atoms. The summed E-state index contributed by atoms with van der Waals surface area (Å²) >= 11 is 0. The summed E-state index contributed by atoms with van der Waals surface area (Å²) < 4.78 is 5.63. The average Bonchev–Trinajstić information content (AvgIpc) is 2.60. The van der Waals surface area contributed by atoms with Gasteiger partial charge >= 0.3 is 5.97 Å². The lowest BCUT2D eigenvalue weighted by molar-refractivity contribution is -0.140. The van der Waals surface area contributed by atoms with Crippen molar-refractivity contribution in [1.29, 1.82) is 5.41 Å². The minimum Gasteiger partial charge on any atom is -0.424 e. The number of hydrogen-bond donors (Lipinski definition) is 3. The number of pyridine rings is 1. The molecular formula is C18H23ClN4O2. The highest BCUT2D eigenvalue weighted by Gasteiger charge is 2.28. The topological polar surface area (TPSA) is 101 Å². The molecule has 1 aliphatic carbocycles. The molecular weight excluding hydrogens is 340 g/mol. The van der Waals surface area contributed by atoms with Crippen LogP contribution in [0.1, 0.15) is 25.7 Å². The van der Waals surface area contributed by atoms with Gasteiger partial charge in [-0.1, -0.05) is 18.2 Å². The number of carbonyl (C=O) groups excluding carboxylic acids is 1. The van der Waals surface area contributed by atoms with E-state index in [0.717, 1.165) is 31.1 Å². The van der Waals surface area contributed by atoms with E-state index in [-0.39, 0.29) is 30.3 Å². The van der Waals surface area contributed by atoms with Gasteiger partial charge in [-0.3, -0.25) is 15.2 Å². The Hall–Kier alpha value is -2.34. The largest absolute Gasteiger partial charge is 0.424 e. The number of nitrogens with zero attached hydrogens (tertiary/aromatic N) is 1. The summed E-state index contributed by atoms with van der Waals surface area (Å²) in [4.78, 5) is 16.8. The quantitative estimate of drug-likeness (QED) is 0.336. The van der Waals surface area contributed by atoms with Gasteiger partial charge in [0.25, 0.3) is 0 Å². The highest BCUT2D eigenvalue weighted by molar-refractivity contribution is 5.87. The molecule has 0 radical (unpaired) electrons. The Bertz CT molecular complexity index is 739. The van der Waals surface area contributed by atoms with E-state index in [1.54, 1.807) is 12.3 Å². The Morgan fingerprint density at radius 2 is 1.96 bits per heavy atom. The number of para-hydroxylation sites is 1. The zero-order valence-electron chi connectivity index (χ0n) is 13.9. The third-order valence-electron chi connectivity index (χ3n) is 4.57. The van der Waals surface area contributed by atoms with Crippen LogP contribution in [0, 0.1) is 17.2 Å². The second-order valence-electron chi connectivity index (χ2n) is 6.26. The van der Waals surface area contributed by atoms with Crippen LogP contribution >= 0.6 is 12.4 Å². The van der Waals surface area contributed by atoms with Crippen LogP contribution in [0.25, 0.3) is 10.9 Å². The first-order valence-corrected chi connectivity index (χ1v) is 8.27. The molecule has 6 nitrogen and oxygen atoms in total. The second kappa shape index (κ2) is 8.67. The molecule has 4 N–H and O–H groups in total. The van der Waals surface area contributed by atoms with Crippen molar-refractivity contribution in [2.75, 3.05) is 6.54 Å². The summed E-state index contributed by atoms with van der Waals surface area (Å²) in [6.45, 7) is 0.699. The fourth-order valence-corrected chi connectivity index (χ4v) is 3.21. The predicted molar refractivity (Wildman–Crippen MR) is 100.0 cm³/mol. The number of aromatic nitrogens is 1. The zero-order chi connectivity index (χ0) is 16.9. The van der Waals surface area contributed by atoms with Crippen molar-refractivity contribution in [2.24, 2.45) is 17.6 Å². The maximum atomic E-state index is 12.5. The highest BCUT2D eigenvalue weighted by Crippen LogP contribution is 2.31. The molecule has 1 aromatic carbocycles. The van der Waals surface area contributed by atoms with Crippen LogP contribution in [-0.4, -0.2) is 23.5 Å². The molecule has 1 aliphatic rings. The average molecular weight is 363 g/mol. The lowest BCUT2D eigenvalue weighted by Crippen LogP contribution is -2.36. The van der Waals surface area contributed by atoms with Crippen molar-refractivity contribution in [3.05, 3.63) is 36.5 Å². The van der Waals surface area contributed by atoms with E-state index in [9.17, 15) is 4.79 Å². The van der Waals surface area contributed by atoms with Gasteiger partial charge in [0.15, 0.2) is 11.7 Å². The van der Waals surface area contributed by atoms with Crippen molar-refractivity contribution in [3.63, 3.8) is 0 Å². The summed E-state index contributed by atoms with van der Waals surface area (Å²) in [6, 6.07) is 9.43. The van der Waals surface area contributed by atoms with E-state index in [4.69, 9.17) is 15.9 Å². The minimum atomic E-state index is -0.175. The predicted octanol–water partition coefficient (Wildman–Crippen LogP) is 2.85. The maximum absolute atomic E-state index is 12.5. The number of nitrogens with two attached hydrogens (primary N) is 1. The fourth-order valence-electron chi connectivity index (χ4n) is 3.21. The maximum Gasteiger partial charge on any atom is 0.314 e. The van der Waals surface area contributed by atoms with Crippen LogP contribution in [0.3, 0.4) is 0 Å². The van der Waals surface area contributed by atoms with E-state index in [0.29, 0.717) is 23.7 Å². The van der Waals surface area contributed by atoms with Crippen LogP contribution in [0.4, 0.5) is 0 Å². The van der Waals surface area contributed by atoms with Crippen molar-refractivity contribution in [1.82, 2.24) is 10.3 Å². The molecule has 1 fully saturated rings. The molecule has 3 rings (SSSR count). The Morgan fingerprint density at radius 3 is 2.68 bits per heavy atom. The number of fused-ring (bicyclic) bond motifs is 1. The molecule has 0 saturated heterocycles. The number of halogens is 1. The van der Waals surface area contributed by atoms with Gasteiger partial charge in [-0.05, 0) is 43.7 Å². The van der Waals surface area contributed by atoms with Gasteiger partial charge in [0, 0.05) is 18.1 Å². The molecule has 0 unspecified atom stereocenters. The summed E-state index contributed by atoms with van der Waals surface area (Å²) in [7, 11) is 0. The summed E-state index contributed by atoms with van der Waals surface area (Å²) in [5.74, 6) is 0.735. The standard InChI is InChI=1S/C18H22N4O2.ClH/c19-18(20)22-11-12-6-8-14(9-7-12)17(23)24-15-5-1-3-13-4-2-10-21-16(13)15;/h1-5,10,12,14H,6-9,11H2,(H4,19,20,22);1H. The van der Waals surface area contributed by atoms with Crippen molar-refractivity contribution in [3.8, 4) is 5.75 Å². The number of nitrogens with one attached hydrogen (secondary N) is 2. The van der Waals surface area contributed by atoms with Crippen LogP contribution in [-0.2, 0) is 4.79 Å². The SMILES string of the molecule is Cl.N=C(N)NCC1CCC(C(=O)Oc2cccc3cccnc23)CC1. The van der Waals surface area contributed by atoms with Crippen LogP contribution in [0.5, 0.6) is 5.75 Å². The van der Waals surface area contributed by atoms with Crippen LogP contribution in [0.15, 0.2) is 36.5 Å². The highest BCUT2D eigenvalue weighted by atomic mass is 35.5. The van der Waals surface area contributed by atoms with Crippen molar-refractivity contribution < 1.29 is 9.53 Å². The Morgan fingerprint density at radius 1 is 1.24 bits per heavy atom. The lowest BCUT2D eigenvalue weighted by Gasteiger charge is -2.27. The number of ether oxygens (including phenoxy) is 1. The first-order chi connectivity index (χ1) is 11.6. The molecule has 2 aromatic rings. The Balaban J connectivity index is 0.00000225. The molecule has 0 amide bonds. The summed E-state index contributed by atoms with van der Waals surface area (Å²) in [5, 5.41) is 11.0. The van der Waals surface area contributed by atoms with Gasteiger partial charge in [0.1, 0.15) is 5.52 Å². The normalized spacial score (nSPS) is 19.7. The molecule has 1 saturated carbocycles. The van der Waals surface area contributed by atoms with Gasteiger partial charge < -0.3 is 15.8 Å². The smallest absolute Gasteiger partial charge is 0.314 e. The number of guanidine groups is 1. The number of carbonyl (C=O) groups is 1. The summed E-state index contributed by atoms with van der Waals surface area (Å²) in [6.07, 6.45) is 5.19. The third kappa shape index (κ3) is 4.82. The Labute approximate surface area is 153 Å². The van der Waals surface area contributed by atoms with E-state index >= 15 is 0 Å². The molecule has 1 heterocycles. The van der Waals surface area contributed by atoms with Crippen LogP contribution < -0.4 is 15.8 Å². The van der Waals surface area contributed by atoms with E-state index in [1.807, 2.05) is 24.3 Å². The molecule has 25 heavy (non-hydrogen) atoms. The van der Waals surface area contributed by atoms with E-state index < -0.39 is 0 Å². The van der Waals surface area contributed by atoms with Gasteiger partial charge in [0.2, 0.25) is 0 Å². The first kappa shape index (κ1) is 19.0. The monoisotopic (exact) mass is 362 g/mol. The van der Waals surface area contributed by atoms with Crippen molar-refractivity contribution in [2.45, 2.75) is 25.7 Å². The molecule has 0 atom stereocenters. The molecule has 7 heteroatoms. The van der Waals surface area contributed by atoms with E-state index in [1.165, 1.54) is 0 Å². The molecule has 0 aliphatic heterocycles. The molecule has 134 valence electrons. The first-order valence-electron chi connectivity index (χ1n) is 8.27. The number of rotatable bonds is 4. The third-order valence-corrected chi connectivity index (χ3v) is 4.57. The minimum absolute atomic E-state index is 0. The van der Waals surface area contributed by atoms with Gasteiger partial charge in [-0.25, -0.2) is 0 Å². The van der Waals surface area contributed by atoms with Gasteiger partial charge in [-0.2, -0.15) is 0 Å². The van der Waals surface area contributed by atoms with Crippen molar-refractivity contribution >= 4 is 35.2 Å². The lowest BCUT2D eigenvalue weighted by atomic mass is 9.82. The fraction of sp³-hybridized carbons (Fsp3) is 0.389. The van der Waals surface area contributed by atoms with Gasteiger partial charge in [-0.15, -0.1) is 12.4 Å². The van der Waals surface area contributed by atoms with E-state index in [2.05, 4.69) is 10.3 Å². The number of esters is 1.